The molecule has 9 atom stereocenters. The Balaban J connectivity index is 1.52. The molecular weight excluding hydrogens is 440 g/mol. The molecule has 3 saturated carbocycles. The number of aliphatic hydroxyl groups is 4. The van der Waals surface area contributed by atoms with Crippen molar-refractivity contribution in [1.82, 2.24) is 0 Å². The molecule has 0 aromatic carbocycles. The first-order valence-electron chi connectivity index (χ1n) is 14.2. The Morgan fingerprint density at radius 3 is 2.51 bits per heavy atom. The number of allylic oxidation sites excluding steroid dienone is 3. The Morgan fingerprint density at radius 2 is 1.83 bits per heavy atom. The Labute approximate surface area is 212 Å². The summed E-state index contributed by atoms with van der Waals surface area (Å²) in [5, 5.41) is 41.6. The lowest BCUT2D eigenvalue weighted by atomic mass is 9.49. The van der Waals surface area contributed by atoms with Gasteiger partial charge in [0, 0.05) is 18.6 Å². The Bertz CT molecular complexity index is 812. The molecule has 200 valence electrons. The Kier molecular flexibility index (Phi) is 7.97. The zero-order chi connectivity index (χ0) is 25.6. The van der Waals surface area contributed by atoms with Crippen LogP contribution in [0.4, 0.5) is 0 Å². The highest BCUT2D eigenvalue weighted by molar-refractivity contribution is 5.40. The molecule has 0 amide bonds. The van der Waals surface area contributed by atoms with E-state index in [2.05, 4.69) is 32.9 Å². The van der Waals surface area contributed by atoms with E-state index in [9.17, 15) is 15.3 Å². The first-order chi connectivity index (χ1) is 16.4. The van der Waals surface area contributed by atoms with Crippen LogP contribution < -0.4 is 0 Å². The summed E-state index contributed by atoms with van der Waals surface area (Å²) in [6.45, 7) is 11.4. The SMILES string of the molecule is C[C@H](CCCC(C)(C)O)[C@H]1CC[C@H]2C3=CC=C4C[C@@H](O)[C@@H](OCCCO)[C@H](O)[C@]4(C)[C@H]3CC[C@]12C. The third kappa shape index (κ3) is 4.93. The molecule has 35 heavy (non-hydrogen) atoms. The molecule has 0 spiro atoms. The van der Waals surface area contributed by atoms with Crippen molar-refractivity contribution in [3.63, 3.8) is 0 Å². The van der Waals surface area contributed by atoms with Gasteiger partial charge in [0.15, 0.2) is 0 Å². The summed E-state index contributed by atoms with van der Waals surface area (Å²) < 4.78 is 5.93. The molecule has 4 aliphatic carbocycles. The van der Waals surface area contributed by atoms with Crippen molar-refractivity contribution < 1.29 is 25.2 Å². The van der Waals surface area contributed by atoms with Gasteiger partial charge in [-0.3, -0.25) is 0 Å². The lowest BCUT2D eigenvalue weighted by Crippen LogP contribution is -2.59. The van der Waals surface area contributed by atoms with Gasteiger partial charge in [-0.05, 0) is 87.9 Å². The minimum absolute atomic E-state index is 0.0501. The van der Waals surface area contributed by atoms with Crippen LogP contribution in [0.15, 0.2) is 23.3 Å². The number of hydrogen-bond donors (Lipinski definition) is 4. The van der Waals surface area contributed by atoms with Crippen LogP contribution in [0.2, 0.25) is 0 Å². The predicted octanol–water partition coefficient (Wildman–Crippen LogP) is 4.77. The Hall–Kier alpha value is -0.720. The summed E-state index contributed by atoms with van der Waals surface area (Å²) in [5.74, 6) is 2.18. The van der Waals surface area contributed by atoms with Crippen LogP contribution in [-0.4, -0.2) is 57.6 Å². The summed E-state index contributed by atoms with van der Waals surface area (Å²) in [6, 6.07) is 0. The van der Waals surface area contributed by atoms with E-state index >= 15 is 0 Å². The maximum atomic E-state index is 11.6. The van der Waals surface area contributed by atoms with Gasteiger partial charge in [0.25, 0.3) is 0 Å². The van der Waals surface area contributed by atoms with Crippen LogP contribution in [0.5, 0.6) is 0 Å². The second-order valence-corrected chi connectivity index (χ2v) is 13.3. The number of fused-ring (bicyclic) bond motifs is 5. The summed E-state index contributed by atoms with van der Waals surface area (Å²) in [4.78, 5) is 0. The fourth-order valence-corrected chi connectivity index (χ4v) is 8.57. The zero-order valence-electron chi connectivity index (χ0n) is 22.7. The van der Waals surface area contributed by atoms with E-state index in [1.807, 2.05) is 13.8 Å². The lowest BCUT2D eigenvalue weighted by molar-refractivity contribution is -0.162. The van der Waals surface area contributed by atoms with Crippen molar-refractivity contribution in [2.75, 3.05) is 13.2 Å². The van der Waals surface area contributed by atoms with Gasteiger partial charge in [0.05, 0.1) is 17.8 Å². The van der Waals surface area contributed by atoms with Crippen molar-refractivity contribution >= 4 is 0 Å². The first-order valence-corrected chi connectivity index (χ1v) is 14.2. The maximum Gasteiger partial charge on any atom is 0.110 e. The number of hydrogen-bond acceptors (Lipinski definition) is 5. The molecule has 0 saturated heterocycles. The monoisotopic (exact) mass is 490 g/mol. The van der Waals surface area contributed by atoms with Crippen LogP contribution in [0.3, 0.4) is 0 Å². The van der Waals surface area contributed by atoms with Crippen LogP contribution in [0.1, 0.15) is 92.4 Å². The zero-order valence-corrected chi connectivity index (χ0v) is 22.7. The molecule has 4 aliphatic rings. The number of rotatable bonds is 9. The highest BCUT2D eigenvalue weighted by Crippen LogP contribution is 2.66. The van der Waals surface area contributed by atoms with E-state index in [0.717, 1.165) is 24.8 Å². The van der Waals surface area contributed by atoms with Gasteiger partial charge in [0.2, 0.25) is 0 Å². The van der Waals surface area contributed by atoms with Gasteiger partial charge in [0.1, 0.15) is 6.10 Å². The molecule has 0 bridgehead atoms. The van der Waals surface area contributed by atoms with E-state index in [-0.39, 0.29) is 17.9 Å². The molecule has 0 aromatic rings. The first kappa shape index (κ1) is 27.3. The molecule has 0 heterocycles. The van der Waals surface area contributed by atoms with Crippen LogP contribution in [0, 0.1) is 34.5 Å². The largest absolute Gasteiger partial charge is 0.396 e. The van der Waals surface area contributed by atoms with Gasteiger partial charge >= 0.3 is 0 Å². The fourth-order valence-electron chi connectivity index (χ4n) is 8.57. The molecule has 0 radical (unpaired) electrons. The van der Waals surface area contributed by atoms with Crippen molar-refractivity contribution in [2.45, 2.75) is 116 Å². The van der Waals surface area contributed by atoms with E-state index in [1.165, 1.54) is 31.3 Å². The molecule has 4 rings (SSSR count). The van der Waals surface area contributed by atoms with Crippen LogP contribution >= 0.6 is 0 Å². The molecule has 0 aliphatic heterocycles. The average Bonchev–Trinajstić information content (AvgIpc) is 3.14. The molecule has 4 N–H and O–H groups in total. The third-order valence-corrected chi connectivity index (χ3v) is 10.6. The van der Waals surface area contributed by atoms with Gasteiger partial charge in [-0.25, -0.2) is 0 Å². The van der Waals surface area contributed by atoms with Gasteiger partial charge < -0.3 is 25.2 Å². The lowest BCUT2D eigenvalue weighted by Gasteiger charge is -2.57. The van der Waals surface area contributed by atoms with E-state index in [0.29, 0.717) is 37.2 Å². The van der Waals surface area contributed by atoms with Crippen molar-refractivity contribution in [3.8, 4) is 0 Å². The van der Waals surface area contributed by atoms with Gasteiger partial charge in [-0.1, -0.05) is 56.9 Å². The van der Waals surface area contributed by atoms with Crippen molar-refractivity contribution in [1.29, 1.82) is 0 Å². The van der Waals surface area contributed by atoms with E-state index < -0.39 is 29.3 Å². The summed E-state index contributed by atoms with van der Waals surface area (Å²) in [5.41, 5.74) is 1.96. The molecular formula is C30H50O5. The summed E-state index contributed by atoms with van der Waals surface area (Å²) in [6.07, 6.45) is 11.3. The van der Waals surface area contributed by atoms with Gasteiger partial charge in [-0.15, -0.1) is 0 Å². The highest BCUT2D eigenvalue weighted by atomic mass is 16.5. The highest BCUT2D eigenvalue weighted by Gasteiger charge is 2.60. The second kappa shape index (κ2) is 10.2. The van der Waals surface area contributed by atoms with E-state index in [1.54, 1.807) is 0 Å². The molecule has 5 nitrogen and oxygen atoms in total. The minimum atomic E-state index is -0.757. The number of aliphatic hydroxyl groups excluding tert-OH is 3. The predicted molar refractivity (Wildman–Crippen MR) is 139 cm³/mol. The number of ether oxygens (including phenoxy) is 1. The normalized spacial score (nSPS) is 42.0. The maximum absolute atomic E-state index is 11.6. The molecule has 0 aromatic heterocycles. The van der Waals surface area contributed by atoms with Crippen LogP contribution in [0.25, 0.3) is 0 Å². The fraction of sp³-hybridized carbons (Fsp3) is 0.867. The standard InChI is InChI=1S/C30H50O5/c1-19(8-6-14-28(2,3)34)22-11-12-23-21-10-9-20-18-25(32)26(35-17-7-16-31)27(33)30(20,5)24(21)13-15-29(22,23)4/h9-10,19,22-27,31-34H,6-8,11-18H2,1-5H3/t19-,22-,23+,24+,25-,26-,27+,29-,30+/m1/s1. The quantitative estimate of drug-likeness (QED) is 0.350. The van der Waals surface area contributed by atoms with Gasteiger partial charge in [-0.2, -0.15) is 0 Å². The molecule has 5 heteroatoms. The third-order valence-electron chi connectivity index (χ3n) is 10.6. The molecule has 3 fully saturated rings. The molecule has 0 unspecified atom stereocenters. The van der Waals surface area contributed by atoms with Crippen molar-refractivity contribution in [2.24, 2.45) is 34.5 Å². The Morgan fingerprint density at radius 1 is 1.09 bits per heavy atom. The second-order valence-electron chi connectivity index (χ2n) is 13.3. The summed E-state index contributed by atoms with van der Waals surface area (Å²) >= 11 is 0. The topological polar surface area (TPSA) is 90.2 Å². The van der Waals surface area contributed by atoms with E-state index in [4.69, 9.17) is 9.84 Å². The minimum Gasteiger partial charge on any atom is -0.396 e. The average molecular weight is 491 g/mol. The smallest absolute Gasteiger partial charge is 0.110 e. The van der Waals surface area contributed by atoms with Crippen molar-refractivity contribution in [3.05, 3.63) is 23.3 Å². The summed E-state index contributed by atoms with van der Waals surface area (Å²) in [7, 11) is 0. The van der Waals surface area contributed by atoms with Crippen LogP contribution in [-0.2, 0) is 4.74 Å².